The number of hydrogen-bond donors (Lipinski definition) is 2. The molecule has 0 aliphatic carbocycles. The van der Waals surface area contributed by atoms with Gasteiger partial charge in [-0.3, -0.25) is 9.89 Å². The molecule has 1 aromatic heterocycles. The van der Waals surface area contributed by atoms with Gasteiger partial charge in [-0.2, -0.15) is 5.26 Å². The highest BCUT2D eigenvalue weighted by molar-refractivity contribution is 6.16. The Morgan fingerprint density at radius 3 is 2.73 bits per heavy atom. The Labute approximate surface area is 213 Å². The number of H-pyrrole nitrogens is 1. The number of anilines is 1. The molecule has 9 heteroatoms. The minimum absolute atomic E-state index is 0.0129. The zero-order valence-corrected chi connectivity index (χ0v) is 20.9. The number of rotatable bonds is 2. The van der Waals surface area contributed by atoms with Crippen LogP contribution in [0.5, 0.6) is 11.6 Å². The molecule has 0 unspecified atom stereocenters. The fourth-order valence-electron chi connectivity index (χ4n) is 6.26. The van der Waals surface area contributed by atoms with E-state index >= 15 is 0 Å². The van der Waals surface area contributed by atoms with Gasteiger partial charge in [-0.05, 0) is 62.9 Å². The number of fused-ring (bicyclic) bond motifs is 3. The summed E-state index contributed by atoms with van der Waals surface area (Å²) in [6.45, 7) is 7.88. The number of carbonyl (C=O) groups is 2. The summed E-state index contributed by atoms with van der Waals surface area (Å²) in [5.74, 6) is -0.520. The molecule has 4 heterocycles. The maximum atomic E-state index is 14.6. The Morgan fingerprint density at radius 1 is 1.30 bits per heavy atom. The first kappa shape index (κ1) is 22.9. The van der Waals surface area contributed by atoms with E-state index in [0.29, 0.717) is 34.5 Å². The fraction of sp³-hybridized carbons (Fsp3) is 0.286. The highest BCUT2D eigenvalue weighted by Gasteiger charge is 2.64. The van der Waals surface area contributed by atoms with E-state index < -0.39 is 16.9 Å². The quantitative estimate of drug-likeness (QED) is 0.406. The summed E-state index contributed by atoms with van der Waals surface area (Å²) in [5, 5.41) is 17.4. The molecule has 6 rings (SSSR count). The minimum atomic E-state index is -1.59. The van der Waals surface area contributed by atoms with E-state index in [9.17, 15) is 14.9 Å². The predicted molar refractivity (Wildman–Crippen MR) is 134 cm³/mol. The monoisotopic (exact) mass is 495 g/mol. The molecule has 1 spiro atoms. The maximum absolute atomic E-state index is 14.6. The largest absolute Gasteiger partial charge is 0.423 e. The average molecular weight is 496 g/mol. The van der Waals surface area contributed by atoms with E-state index in [1.54, 1.807) is 42.2 Å². The first-order valence-electron chi connectivity index (χ1n) is 12.0. The Kier molecular flexibility index (Phi) is 4.61. The second-order valence-corrected chi connectivity index (χ2v) is 10.5. The fourth-order valence-corrected chi connectivity index (χ4v) is 6.26. The summed E-state index contributed by atoms with van der Waals surface area (Å²) >= 11 is 0. The molecule has 2 aromatic carbocycles. The molecule has 1 amide bonds. The first-order valence-corrected chi connectivity index (χ1v) is 12.0. The van der Waals surface area contributed by atoms with Gasteiger partial charge in [0.05, 0.1) is 16.8 Å². The summed E-state index contributed by atoms with van der Waals surface area (Å²) in [4.78, 5) is 29.4. The van der Waals surface area contributed by atoms with Crippen LogP contribution in [-0.4, -0.2) is 27.6 Å². The van der Waals surface area contributed by atoms with Crippen molar-refractivity contribution in [3.63, 3.8) is 0 Å². The summed E-state index contributed by atoms with van der Waals surface area (Å²) in [6, 6.07) is 14.3. The van der Waals surface area contributed by atoms with Crippen molar-refractivity contribution in [2.75, 3.05) is 4.90 Å². The van der Waals surface area contributed by atoms with E-state index in [0.717, 1.165) is 5.56 Å². The third-order valence-corrected chi connectivity index (χ3v) is 7.66. The number of amides is 1. The number of nitrogens with two attached hydrogens (primary N) is 1. The van der Waals surface area contributed by atoms with E-state index in [-0.39, 0.29) is 34.9 Å². The van der Waals surface area contributed by atoms with Crippen LogP contribution >= 0.6 is 0 Å². The zero-order chi connectivity index (χ0) is 26.3. The highest BCUT2D eigenvalue weighted by atomic mass is 16.5. The summed E-state index contributed by atoms with van der Waals surface area (Å²) in [5.41, 5.74) is 7.61. The first-order chi connectivity index (χ1) is 17.6. The van der Waals surface area contributed by atoms with Gasteiger partial charge in [-0.15, -0.1) is 5.10 Å². The van der Waals surface area contributed by atoms with E-state index in [1.807, 2.05) is 26.0 Å². The van der Waals surface area contributed by atoms with Gasteiger partial charge in [0.15, 0.2) is 0 Å². The molecule has 3 aromatic rings. The van der Waals surface area contributed by atoms with Crippen LogP contribution in [0.3, 0.4) is 0 Å². The smallest absolute Gasteiger partial charge is 0.343 e. The van der Waals surface area contributed by atoms with Crippen molar-refractivity contribution >= 4 is 17.6 Å². The van der Waals surface area contributed by atoms with E-state index in [1.165, 1.54) is 0 Å². The van der Waals surface area contributed by atoms with Crippen LogP contribution in [0.15, 0.2) is 53.9 Å². The van der Waals surface area contributed by atoms with Gasteiger partial charge in [0.2, 0.25) is 17.7 Å². The normalized spacial score (nSPS) is 22.8. The number of benzene rings is 2. The second-order valence-electron chi connectivity index (χ2n) is 10.5. The van der Waals surface area contributed by atoms with Crippen molar-refractivity contribution in [1.82, 2.24) is 10.2 Å². The molecule has 186 valence electrons. The summed E-state index contributed by atoms with van der Waals surface area (Å²) < 4.78 is 11.5. The van der Waals surface area contributed by atoms with Gasteiger partial charge in [0, 0.05) is 16.8 Å². The summed E-state index contributed by atoms with van der Waals surface area (Å²) in [7, 11) is 0. The Bertz CT molecular complexity index is 1580. The van der Waals surface area contributed by atoms with Crippen molar-refractivity contribution in [3.8, 4) is 17.7 Å². The molecular formula is C28H25N5O4. The molecule has 37 heavy (non-hydrogen) atoms. The number of aromatic amines is 1. The number of nitrogens with zero attached hydrogens (tertiary/aromatic N) is 3. The standard InChI is InChI=1S/C28H25N5O4/c1-14-12-27(3,4)33-22-18(14)10-17(36-25(34)16-8-6-5-7-9-16)11-19(22)28(26(33)35)20(13-29)23(30)37-24-21(28)15(2)31-32-24/h5-11,14H,12,30H2,1-4H3,(H,31,32)/t14-,28-/m1/s1. The molecule has 3 aliphatic rings. The Hall–Kier alpha value is -4.58. The number of nitrogens with one attached hydrogen (secondary N) is 1. The molecule has 0 radical (unpaired) electrons. The number of ether oxygens (including phenoxy) is 2. The lowest BCUT2D eigenvalue weighted by atomic mass is 9.68. The Balaban J connectivity index is 1.67. The van der Waals surface area contributed by atoms with Crippen molar-refractivity contribution in [2.24, 2.45) is 5.73 Å². The van der Waals surface area contributed by atoms with Crippen molar-refractivity contribution in [1.29, 1.82) is 5.26 Å². The van der Waals surface area contributed by atoms with Gasteiger partial charge in [0.25, 0.3) is 0 Å². The summed E-state index contributed by atoms with van der Waals surface area (Å²) in [6.07, 6.45) is 0.673. The molecule has 3 N–H and O–H groups in total. The molecule has 0 fully saturated rings. The lowest BCUT2D eigenvalue weighted by Gasteiger charge is -2.44. The Morgan fingerprint density at radius 2 is 2.03 bits per heavy atom. The van der Waals surface area contributed by atoms with Crippen LogP contribution in [0, 0.1) is 18.3 Å². The van der Waals surface area contributed by atoms with E-state index in [2.05, 4.69) is 23.2 Å². The van der Waals surface area contributed by atoms with Gasteiger partial charge >= 0.3 is 5.97 Å². The van der Waals surface area contributed by atoms with Crippen LogP contribution in [0.25, 0.3) is 0 Å². The minimum Gasteiger partial charge on any atom is -0.423 e. The van der Waals surface area contributed by atoms with Gasteiger partial charge in [-0.1, -0.05) is 25.1 Å². The van der Waals surface area contributed by atoms with Gasteiger partial charge in [0.1, 0.15) is 22.8 Å². The third-order valence-electron chi connectivity index (χ3n) is 7.66. The molecule has 0 saturated heterocycles. The molecule has 9 nitrogen and oxygen atoms in total. The van der Waals surface area contributed by atoms with Gasteiger partial charge in [-0.25, -0.2) is 4.79 Å². The number of esters is 1. The molecule has 3 aliphatic heterocycles. The number of hydrogen-bond acceptors (Lipinski definition) is 7. The molecule has 2 atom stereocenters. The average Bonchev–Trinajstić information content (AvgIpc) is 3.34. The van der Waals surface area contributed by atoms with Crippen molar-refractivity contribution in [3.05, 3.63) is 81.9 Å². The lowest BCUT2D eigenvalue weighted by Crippen LogP contribution is -2.54. The van der Waals surface area contributed by atoms with E-state index in [4.69, 9.17) is 15.2 Å². The van der Waals surface area contributed by atoms with Crippen LogP contribution in [0.2, 0.25) is 0 Å². The number of nitriles is 1. The van der Waals surface area contributed by atoms with Crippen LogP contribution in [0.4, 0.5) is 5.69 Å². The third kappa shape index (κ3) is 2.87. The lowest BCUT2D eigenvalue weighted by molar-refractivity contribution is -0.122. The molecule has 0 saturated carbocycles. The maximum Gasteiger partial charge on any atom is 0.343 e. The van der Waals surface area contributed by atoms with Gasteiger partial charge < -0.3 is 20.1 Å². The molecule has 0 bridgehead atoms. The van der Waals surface area contributed by atoms with Crippen molar-refractivity contribution in [2.45, 2.75) is 51.0 Å². The SMILES string of the molecule is Cc1[nH]nc2c1[C@]1(C(=O)N3c4c(cc(OC(=O)c5ccccc5)cc41)[C@H](C)CC3(C)C)C(C#N)=C(N)O2. The highest BCUT2D eigenvalue weighted by Crippen LogP contribution is 2.61. The second kappa shape index (κ2) is 7.46. The van der Waals surface area contributed by atoms with Crippen LogP contribution in [0.1, 0.15) is 65.9 Å². The zero-order valence-electron chi connectivity index (χ0n) is 20.9. The van der Waals surface area contributed by atoms with Crippen molar-refractivity contribution < 1.29 is 19.1 Å². The van der Waals surface area contributed by atoms with Crippen LogP contribution in [-0.2, 0) is 10.2 Å². The number of aromatic nitrogens is 2. The number of carbonyl (C=O) groups excluding carboxylic acids is 2. The predicted octanol–water partition coefficient (Wildman–Crippen LogP) is 3.94. The van der Waals surface area contributed by atoms with Crippen LogP contribution < -0.4 is 20.1 Å². The molecular weight excluding hydrogens is 470 g/mol. The number of aryl methyl sites for hydroxylation is 1. The topological polar surface area (TPSA) is 134 Å².